The van der Waals surface area contributed by atoms with Crippen LogP contribution in [0, 0.1) is 35.1 Å². The molecule has 0 amide bonds. The highest BCUT2D eigenvalue weighted by Gasteiger charge is 2.40. The van der Waals surface area contributed by atoms with Crippen molar-refractivity contribution in [2.75, 3.05) is 25.0 Å². The Morgan fingerprint density at radius 2 is 1.92 bits per heavy atom. The zero-order valence-electron chi connectivity index (χ0n) is 19.0. The fourth-order valence-electron chi connectivity index (χ4n) is 5.29. The summed E-state index contributed by atoms with van der Waals surface area (Å²) >= 11 is 0. The van der Waals surface area contributed by atoms with Crippen LogP contribution in [0.3, 0.4) is 0 Å². The van der Waals surface area contributed by atoms with Crippen molar-refractivity contribution < 1.29 is 32.2 Å². The maximum atomic E-state index is 16.1. The number of nitrogens with one attached hydrogen (secondary N) is 1. The topological polar surface area (TPSA) is 83.8 Å². The number of carbonyl (C=O) groups is 1. The smallest absolute Gasteiger partial charge is 0.449 e. The number of pyridine rings is 1. The first kappa shape index (κ1) is 23.9. The molecule has 36 heavy (non-hydrogen) atoms. The highest BCUT2D eigenvalue weighted by atomic mass is 19.1. The Bertz CT molecular complexity index is 1470. The van der Waals surface area contributed by atoms with Gasteiger partial charge >= 0.3 is 6.16 Å². The predicted molar refractivity (Wildman–Crippen MR) is 124 cm³/mol. The molecule has 1 aliphatic carbocycles. The molecule has 0 spiro atoms. The van der Waals surface area contributed by atoms with Gasteiger partial charge in [-0.15, -0.1) is 0 Å². The molecule has 2 heterocycles. The second kappa shape index (κ2) is 8.98. The van der Waals surface area contributed by atoms with Crippen LogP contribution in [0.25, 0.3) is 16.6 Å². The molecule has 1 fully saturated rings. The lowest BCUT2D eigenvalue weighted by Crippen LogP contribution is -2.38. The summed E-state index contributed by atoms with van der Waals surface area (Å²) < 4.78 is 65.2. The van der Waals surface area contributed by atoms with E-state index < -0.39 is 51.5 Å². The SMILES string of the molecule is CNC1C=CCC2CN(c3c(F)cc4c(=O)c(OC(=O)O)cn(-c5ccc(F)cc5F)c4c3F)CC21. The molecule has 11 heteroatoms. The van der Waals surface area contributed by atoms with Gasteiger partial charge < -0.3 is 24.6 Å². The van der Waals surface area contributed by atoms with Crippen molar-refractivity contribution in [1.82, 2.24) is 9.88 Å². The van der Waals surface area contributed by atoms with E-state index in [2.05, 4.69) is 10.1 Å². The molecule has 0 saturated carbocycles. The molecule has 3 aromatic rings. The van der Waals surface area contributed by atoms with Crippen molar-refractivity contribution in [3.63, 3.8) is 0 Å². The number of nitrogens with zero attached hydrogens (tertiary/aromatic N) is 2. The first-order chi connectivity index (χ1) is 17.2. The lowest BCUT2D eigenvalue weighted by molar-refractivity contribution is 0.144. The molecule has 188 valence electrons. The first-order valence-electron chi connectivity index (χ1n) is 11.2. The summed E-state index contributed by atoms with van der Waals surface area (Å²) in [5, 5.41) is 11.6. The molecule has 5 rings (SSSR count). The summed E-state index contributed by atoms with van der Waals surface area (Å²) in [5.41, 5.74) is -2.35. The Labute approximate surface area is 202 Å². The fourth-order valence-corrected chi connectivity index (χ4v) is 5.29. The van der Waals surface area contributed by atoms with Crippen LogP contribution in [-0.2, 0) is 0 Å². The van der Waals surface area contributed by atoms with Crippen LogP contribution >= 0.6 is 0 Å². The number of halogens is 4. The van der Waals surface area contributed by atoms with Crippen molar-refractivity contribution in [3.8, 4) is 11.4 Å². The third-order valence-corrected chi connectivity index (χ3v) is 6.88. The van der Waals surface area contributed by atoms with Gasteiger partial charge in [0.15, 0.2) is 11.6 Å². The minimum absolute atomic E-state index is 0.0301. The Morgan fingerprint density at radius 1 is 1.14 bits per heavy atom. The predicted octanol–water partition coefficient (Wildman–Crippen LogP) is 4.20. The molecule has 0 bridgehead atoms. The van der Waals surface area contributed by atoms with E-state index >= 15 is 8.78 Å². The maximum absolute atomic E-state index is 16.1. The standard InChI is InChI=1S/C25H21F4N3O4/c1-30-18-4-2-3-12-9-31(10-15(12)18)23-17(28)8-14-22(21(23)29)32(11-20(24(14)33)36-25(34)35)19-6-5-13(26)7-16(19)27/h2,4-8,11-12,15,18,30H,3,9-10H2,1H3,(H,34,35). The van der Waals surface area contributed by atoms with E-state index in [0.29, 0.717) is 19.2 Å². The summed E-state index contributed by atoms with van der Waals surface area (Å²) in [4.78, 5) is 25.5. The largest absolute Gasteiger partial charge is 0.511 e. The Kier molecular flexibility index (Phi) is 5.95. The minimum Gasteiger partial charge on any atom is -0.449 e. The molecule has 1 saturated heterocycles. The fraction of sp³-hybridized carbons (Fsp3) is 0.280. The monoisotopic (exact) mass is 503 g/mol. The van der Waals surface area contributed by atoms with E-state index in [1.54, 1.807) is 4.90 Å². The van der Waals surface area contributed by atoms with E-state index in [9.17, 15) is 18.4 Å². The summed E-state index contributed by atoms with van der Waals surface area (Å²) in [5.74, 6) is -4.71. The van der Waals surface area contributed by atoms with E-state index in [0.717, 1.165) is 35.4 Å². The van der Waals surface area contributed by atoms with Crippen LogP contribution in [0.1, 0.15) is 6.42 Å². The van der Waals surface area contributed by atoms with Gasteiger partial charge in [-0.05, 0) is 37.6 Å². The maximum Gasteiger partial charge on any atom is 0.511 e. The average Bonchev–Trinajstić information content (AvgIpc) is 3.24. The molecular formula is C25H21F4N3O4. The number of hydrogen-bond acceptors (Lipinski definition) is 5. The lowest BCUT2D eigenvalue weighted by Gasteiger charge is -2.28. The first-order valence-corrected chi connectivity index (χ1v) is 11.2. The average molecular weight is 503 g/mol. The molecule has 7 nitrogen and oxygen atoms in total. The van der Waals surface area contributed by atoms with Gasteiger partial charge in [0.1, 0.15) is 23.1 Å². The number of carboxylic acid groups (broad SMARTS) is 1. The number of anilines is 1. The molecule has 2 aromatic carbocycles. The summed E-state index contributed by atoms with van der Waals surface area (Å²) in [6, 6.07) is 3.28. The number of fused-ring (bicyclic) bond motifs is 2. The molecule has 2 N–H and O–H groups in total. The van der Waals surface area contributed by atoms with Gasteiger partial charge in [-0.2, -0.15) is 0 Å². The van der Waals surface area contributed by atoms with Crippen LogP contribution in [-0.4, -0.2) is 42.0 Å². The minimum atomic E-state index is -1.84. The van der Waals surface area contributed by atoms with E-state index in [1.165, 1.54) is 0 Å². The van der Waals surface area contributed by atoms with E-state index in [1.807, 2.05) is 19.2 Å². The summed E-state index contributed by atoms with van der Waals surface area (Å²) in [6.07, 6.45) is 3.75. The van der Waals surface area contributed by atoms with Crippen LogP contribution in [0.15, 0.2) is 47.4 Å². The molecule has 3 atom stereocenters. The van der Waals surface area contributed by atoms with Gasteiger partial charge in [-0.1, -0.05) is 12.2 Å². The number of aromatic nitrogens is 1. The van der Waals surface area contributed by atoms with Crippen LogP contribution in [0.4, 0.5) is 28.0 Å². The number of ether oxygens (including phenoxy) is 1. The quantitative estimate of drug-likeness (QED) is 0.316. The third-order valence-electron chi connectivity index (χ3n) is 6.88. The number of allylic oxidation sites excluding steroid dienone is 1. The highest BCUT2D eigenvalue weighted by molar-refractivity contribution is 5.87. The van der Waals surface area contributed by atoms with E-state index in [-0.39, 0.29) is 29.3 Å². The van der Waals surface area contributed by atoms with Gasteiger partial charge in [-0.25, -0.2) is 22.4 Å². The van der Waals surface area contributed by atoms with Gasteiger partial charge in [0.25, 0.3) is 0 Å². The van der Waals surface area contributed by atoms with Crippen LogP contribution < -0.4 is 20.4 Å². The van der Waals surface area contributed by atoms with Gasteiger partial charge in [0.2, 0.25) is 5.43 Å². The Morgan fingerprint density at radius 3 is 2.61 bits per heavy atom. The lowest BCUT2D eigenvalue weighted by atomic mass is 9.82. The van der Waals surface area contributed by atoms with Crippen molar-refractivity contribution in [2.24, 2.45) is 11.8 Å². The Balaban J connectivity index is 1.73. The number of rotatable bonds is 4. The molecule has 0 radical (unpaired) electrons. The van der Waals surface area contributed by atoms with Crippen molar-refractivity contribution in [3.05, 3.63) is 76.1 Å². The van der Waals surface area contributed by atoms with Crippen LogP contribution in [0.2, 0.25) is 0 Å². The van der Waals surface area contributed by atoms with Crippen molar-refractivity contribution in [2.45, 2.75) is 12.5 Å². The van der Waals surface area contributed by atoms with Crippen LogP contribution in [0.5, 0.6) is 5.75 Å². The number of likely N-dealkylation sites (N-methyl/N-ethyl adjacent to an activating group) is 1. The molecule has 2 aliphatic rings. The molecule has 1 aliphatic heterocycles. The zero-order valence-corrected chi connectivity index (χ0v) is 19.0. The highest BCUT2D eigenvalue weighted by Crippen LogP contribution is 2.39. The second-order valence-corrected chi connectivity index (χ2v) is 8.88. The van der Waals surface area contributed by atoms with Gasteiger partial charge in [0, 0.05) is 31.1 Å². The number of hydrogen-bond donors (Lipinski definition) is 2. The van der Waals surface area contributed by atoms with E-state index in [4.69, 9.17) is 5.11 Å². The van der Waals surface area contributed by atoms with Crippen molar-refractivity contribution in [1.29, 1.82) is 0 Å². The van der Waals surface area contributed by atoms with Crippen molar-refractivity contribution >= 4 is 22.7 Å². The van der Waals surface area contributed by atoms with Gasteiger partial charge in [-0.3, -0.25) is 4.79 Å². The molecule has 3 unspecified atom stereocenters. The molecular weight excluding hydrogens is 482 g/mol. The normalized spacial score (nSPS) is 21.1. The Hall–Kier alpha value is -3.86. The third kappa shape index (κ3) is 3.89. The summed E-state index contributed by atoms with van der Waals surface area (Å²) in [7, 11) is 1.81. The summed E-state index contributed by atoms with van der Waals surface area (Å²) in [6.45, 7) is 0.705. The van der Waals surface area contributed by atoms with Gasteiger partial charge in [0.05, 0.1) is 22.8 Å². The zero-order chi connectivity index (χ0) is 25.7. The number of benzene rings is 2. The molecule has 1 aromatic heterocycles. The second-order valence-electron chi connectivity index (χ2n) is 8.88.